The van der Waals surface area contributed by atoms with Crippen LogP contribution in [0.1, 0.15) is 81.2 Å². The van der Waals surface area contributed by atoms with Crippen LogP contribution < -0.4 is 5.32 Å². The van der Waals surface area contributed by atoms with Crippen LogP contribution in [0.4, 0.5) is 0 Å². The van der Waals surface area contributed by atoms with Gasteiger partial charge >= 0.3 is 5.97 Å². The van der Waals surface area contributed by atoms with E-state index in [-0.39, 0.29) is 40.6 Å². The Morgan fingerprint density at radius 1 is 1.00 bits per heavy atom. The largest absolute Gasteiger partial charge is 0.463 e. The lowest BCUT2D eigenvalue weighted by Crippen LogP contribution is -2.48. The van der Waals surface area contributed by atoms with Crippen molar-refractivity contribution in [3.8, 4) is 0 Å². The molecule has 1 rings (SSSR count). The maximum atomic E-state index is 13.6. The molecule has 190 valence electrons. The first kappa shape index (κ1) is 29.7. The molecule has 0 saturated heterocycles. The van der Waals surface area contributed by atoms with Crippen LogP contribution >= 0.6 is 0 Å². The summed E-state index contributed by atoms with van der Waals surface area (Å²) in [5.74, 6) is 0.00247. The van der Waals surface area contributed by atoms with Gasteiger partial charge in [0, 0.05) is 16.9 Å². The third-order valence-electron chi connectivity index (χ3n) is 6.68. The first-order valence-corrected chi connectivity index (χ1v) is 12.6. The Morgan fingerprint density at radius 3 is 2.06 bits per heavy atom. The van der Waals surface area contributed by atoms with Gasteiger partial charge in [0.1, 0.15) is 0 Å². The topological polar surface area (TPSA) is 55.4 Å². The number of allylic oxidation sites excluding steroid dienone is 2. The van der Waals surface area contributed by atoms with E-state index in [2.05, 4.69) is 85.0 Å². The van der Waals surface area contributed by atoms with Crippen molar-refractivity contribution in [2.45, 2.75) is 87.1 Å². The van der Waals surface area contributed by atoms with Gasteiger partial charge in [0.2, 0.25) is 5.91 Å². The number of esters is 1. The number of hydrogen-bond acceptors (Lipinski definition) is 3. The van der Waals surface area contributed by atoms with Crippen LogP contribution in [-0.2, 0) is 19.7 Å². The summed E-state index contributed by atoms with van der Waals surface area (Å²) < 4.78 is 5.14. The average Bonchev–Trinajstić information content (AvgIpc) is 2.75. The maximum Gasteiger partial charge on any atom is 0.333 e. The van der Waals surface area contributed by atoms with Crippen molar-refractivity contribution in [2.75, 3.05) is 6.61 Å². The standard InChI is InChI=1S/C30H47NO3/c1-11-25(30(9,10)24-16-14-13-15-17-24)27(32)31-26(29(6,7)8)19-18-23(21(3)4)20-22(5)28(33)34-12-2/h13-21,23,25-26H,11-12H2,1-10H3,(H,31,32)/b19-18+,22-20+/t23-,25-,26-/m1/s1. The molecule has 34 heavy (non-hydrogen) atoms. The third-order valence-corrected chi connectivity index (χ3v) is 6.68. The van der Waals surface area contributed by atoms with E-state index in [4.69, 9.17) is 4.74 Å². The number of amides is 1. The van der Waals surface area contributed by atoms with E-state index < -0.39 is 0 Å². The number of hydrogen-bond donors (Lipinski definition) is 1. The van der Waals surface area contributed by atoms with Crippen LogP contribution in [0.5, 0.6) is 0 Å². The SMILES string of the molecule is CCOC(=O)/C(C)=C/[C@@H](/C=C/[C@@H](NC(=O)[C@@H](CC)C(C)(C)c1ccccc1)C(C)(C)C)C(C)C. The van der Waals surface area contributed by atoms with Crippen LogP contribution in [0.3, 0.4) is 0 Å². The van der Waals surface area contributed by atoms with Gasteiger partial charge in [-0.15, -0.1) is 0 Å². The summed E-state index contributed by atoms with van der Waals surface area (Å²) in [5.41, 5.74) is 1.33. The molecule has 0 aromatic heterocycles. The van der Waals surface area contributed by atoms with E-state index in [1.54, 1.807) is 6.92 Å². The van der Waals surface area contributed by atoms with Gasteiger partial charge in [0.25, 0.3) is 0 Å². The van der Waals surface area contributed by atoms with Gasteiger partial charge in [-0.25, -0.2) is 4.79 Å². The average molecular weight is 470 g/mol. The number of carbonyl (C=O) groups excluding carboxylic acids is 2. The Labute approximate surface area is 208 Å². The van der Waals surface area contributed by atoms with Gasteiger partial charge in [-0.05, 0) is 43.1 Å². The number of rotatable bonds is 11. The van der Waals surface area contributed by atoms with E-state index in [1.165, 1.54) is 5.56 Å². The molecule has 0 heterocycles. The predicted molar refractivity (Wildman–Crippen MR) is 142 cm³/mol. The van der Waals surface area contributed by atoms with E-state index >= 15 is 0 Å². The van der Waals surface area contributed by atoms with Crippen molar-refractivity contribution in [3.63, 3.8) is 0 Å². The summed E-state index contributed by atoms with van der Waals surface area (Å²) in [6.07, 6.45) is 6.94. The number of benzene rings is 1. The quantitative estimate of drug-likeness (QED) is 0.219. The monoisotopic (exact) mass is 469 g/mol. The molecule has 0 radical (unpaired) electrons. The fraction of sp³-hybridized carbons (Fsp3) is 0.600. The molecule has 1 aromatic rings. The summed E-state index contributed by atoms with van der Waals surface area (Å²) >= 11 is 0. The molecule has 0 spiro atoms. The summed E-state index contributed by atoms with van der Waals surface area (Å²) in [7, 11) is 0. The molecule has 0 unspecified atom stereocenters. The Morgan fingerprint density at radius 2 is 1.59 bits per heavy atom. The van der Waals surface area contributed by atoms with Crippen LogP contribution in [0.15, 0.2) is 54.1 Å². The molecule has 0 aliphatic heterocycles. The molecule has 4 nitrogen and oxygen atoms in total. The van der Waals surface area contributed by atoms with Crippen LogP contribution in [-0.4, -0.2) is 24.5 Å². The van der Waals surface area contributed by atoms with Crippen molar-refractivity contribution in [3.05, 3.63) is 59.7 Å². The van der Waals surface area contributed by atoms with E-state index in [9.17, 15) is 9.59 Å². The van der Waals surface area contributed by atoms with Crippen molar-refractivity contribution in [1.29, 1.82) is 0 Å². The van der Waals surface area contributed by atoms with Gasteiger partial charge in [0.05, 0.1) is 12.6 Å². The van der Waals surface area contributed by atoms with Crippen molar-refractivity contribution in [1.82, 2.24) is 5.32 Å². The minimum Gasteiger partial charge on any atom is -0.463 e. The van der Waals surface area contributed by atoms with E-state index in [0.717, 1.165) is 6.42 Å². The highest BCUT2D eigenvalue weighted by Gasteiger charge is 2.37. The third kappa shape index (κ3) is 8.45. The molecule has 0 saturated carbocycles. The molecular formula is C30H47NO3. The molecule has 0 fully saturated rings. The number of carbonyl (C=O) groups is 2. The minimum atomic E-state index is -0.286. The molecule has 0 aliphatic rings. The highest BCUT2D eigenvalue weighted by atomic mass is 16.5. The maximum absolute atomic E-state index is 13.6. The van der Waals surface area contributed by atoms with Crippen LogP contribution in [0.2, 0.25) is 0 Å². The zero-order valence-corrected chi connectivity index (χ0v) is 23.1. The highest BCUT2D eigenvalue weighted by molar-refractivity contribution is 5.87. The molecule has 0 aliphatic carbocycles. The van der Waals surface area contributed by atoms with Crippen molar-refractivity contribution in [2.24, 2.45) is 23.2 Å². The first-order valence-electron chi connectivity index (χ1n) is 12.6. The lowest BCUT2D eigenvalue weighted by Gasteiger charge is -2.36. The van der Waals surface area contributed by atoms with E-state index in [0.29, 0.717) is 18.1 Å². The Kier molecular flexibility index (Phi) is 11.3. The summed E-state index contributed by atoms with van der Waals surface area (Å²) in [6.45, 7) is 21.0. The van der Waals surface area contributed by atoms with Crippen LogP contribution in [0, 0.1) is 23.2 Å². The second kappa shape index (κ2) is 12.9. The second-order valence-corrected chi connectivity index (χ2v) is 11.2. The molecular weight excluding hydrogens is 422 g/mol. The zero-order valence-electron chi connectivity index (χ0n) is 23.1. The van der Waals surface area contributed by atoms with Gasteiger partial charge in [-0.3, -0.25) is 4.79 Å². The fourth-order valence-electron chi connectivity index (χ4n) is 4.21. The molecule has 3 atom stereocenters. The smallest absolute Gasteiger partial charge is 0.333 e. The molecule has 1 aromatic carbocycles. The number of ether oxygens (including phenoxy) is 1. The summed E-state index contributed by atoms with van der Waals surface area (Å²) in [6, 6.07) is 10.1. The van der Waals surface area contributed by atoms with Crippen molar-refractivity contribution >= 4 is 11.9 Å². The highest BCUT2D eigenvalue weighted by Crippen LogP contribution is 2.34. The Balaban J connectivity index is 3.17. The van der Waals surface area contributed by atoms with Crippen LogP contribution in [0.25, 0.3) is 0 Å². The number of nitrogens with one attached hydrogen (secondary N) is 1. The van der Waals surface area contributed by atoms with Gasteiger partial charge in [-0.2, -0.15) is 0 Å². The predicted octanol–water partition coefficient (Wildman–Crippen LogP) is 6.86. The van der Waals surface area contributed by atoms with Gasteiger partial charge < -0.3 is 10.1 Å². The van der Waals surface area contributed by atoms with Gasteiger partial charge in [-0.1, -0.05) is 104 Å². The Hall–Kier alpha value is -2.36. The summed E-state index contributed by atoms with van der Waals surface area (Å²) in [5, 5.41) is 3.34. The summed E-state index contributed by atoms with van der Waals surface area (Å²) in [4.78, 5) is 25.6. The minimum absolute atomic E-state index is 0.0638. The van der Waals surface area contributed by atoms with E-state index in [1.807, 2.05) is 31.2 Å². The second-order valence-electron chi connectivity index (χ2n) is 11.2. The molecule has 0 bridgehead atoms. The van der Waals surface area contributed by atoms with Crippen molar-refractivity contribution < 1.29 is 14.3 Å². The first-order chi connectivity index (χ1) is 15.7. The normalized spacial score (nSPS) is 15.8. The lowest BCUT2D eigenvalue weighted by atomic mass is 9.71. The molecule has 4 heteroatoms. The van der Waals surface area contributed by atoms with Gasteiger partial charge in [0.15, 0.2) is 0 Å². The molecule has 1 N–H and O–H groups in total. The fourth-order valence-corrected chi connectivity index (χ4v) is 4.21. The zero-order chi connectivity index (χ0) is 26.1. The molecule has 1 amide bonds. The Bertz CT molecular complexity index is 844. The lowest BCUT2D eigenvalue weighted by molar-refractivity contribution is -0.138.